The zero-order chi connectivity index (χ0) is 12.3. The van der Waals surface area contributed by atoms with Gasteiger partial charge in [-0.25, -0.2) is 4.39 Å². The maximum Gasteiger partial charge on any atom is 0.165 e. The second-order valence-corrected chi connectivity index (χ2v) is 4.32. The molecule has 2 rings (SSSR count). The van der Waals surface area contributed by atoms with Crippen molar-refractivity contribution in [3.05, 3.63) is 41.2 Å². The summed E-state index contributed by atoms with van der Waals surface area (Å²) in [4.78, 5) is 0. The number of benzene rings is 1. The second-order valence-electron chi connectivity index (χ2n) is 4.32. The fourth-order valence-electron chi connectivity index (χ4n) is 2.18. The monoisotopic (exact) mass is 236 g/mol. The van der Waals surface area contributed by atoms with Crippen molar-refractivity contribution >= 4 is 0 Å². The molecule has 0 radical (unpaired) electrons. The molecule has 1 N–H and O–H groups in total. The van der Waals surface area contributed by atoms with Crippen molar-refractivity contribution in [1.82, 2.24) is 0 Å². The fraction of sp³-hybridized carbons (Fsp3) is 0.429. The van der Waals surface area contributed by atoms with Gasteiger partial charge < -0.3 is 9.84 Å². The average Bonchev–Trinajstić information content (AvgIpc) is 2.39. The van der Waals surface area contributed by atoms with E-state index in [1.807, 2.05) is 0 Å². The Morgan fingerprint density at radius 3 is 2.76 bits per heavy atom. The Morgan fingerprint density at radius 1 is 1.35 bits per heavy atom. The van der Waals surface area contributed by atoms with Gasteiger partial charge in [-0.15, -0.1) is 0 Å². The summed E-state index contributed by atoms with van der Waals surface area (Å²) in [5.41, 5.74) is 1.59. The van der Waals surface area contributed by atoms with Gasteiger partial charge in [-0.3, -0.25) is 0 Å². The molecule has 1 unspecified atom stereocenters. The van der Waals surface area contributed by atoms with Gasteiger partial charge in [0, 0.05) is 0 Å². The zero-order valence-corrected chi connectivity index (χ0v) is 9.95. The van der Waals surface area contributed by atoms with Gasteiger partial charge in [0.05, 0.1) is 7.11 Å². The van der Waals surface area contributed by atoms with Crippen molar-refractivity contribution in [2.24, 2.45) is 0 Å². The van der Waals surface area contributed by atoms with Gasteiger partial charge >= 0.3 is 0 Å². The predicted octanol–water partition coefficient (Wildman–Crippen LogP) is 3.37. The van der Waals surface area contributed by atoms with Gasteiger partial charge in [0.2, 0.25) is 0 Å². The number of aliphatic hydroxyl groups is 1. The predicted molar refractivity (Wildman–Crippen MR) is 64.5 cm³/mol. The van der Waals surface area contributed by atoms with Crippen LogP contribution in [0.1, 0.15) is 37.4 Å². The van der Waals surface area contributed by atoms with Crippen LogP contribution in [0.5, 0.6) is 5.75 Å². The Morgan fingerprint density at radius 2 is 2.18 bits per heavy atom. The van der Waals surface area contributed by atoms with Crippen molar-refractivity contribution in [2.75, 3.05) is 7.11 Å². The average molecular weight is 236 g/mol. The lowest BCUT2D eigenvalue weighted by molar-refractivity contribution is 0.207. The lowest BCUT2D eigenvalue weighted by Crippen LogP contribution is -2.05. The number of aliphatic hydroxyl groups excluding tert-OH is 1. The van der Waals surface area contributed by atoms with Crippen LogP contribution < -0.4 is 4.74 Å². The highest BCUT2D eigenvalue weighted by molar-refractivity contribution is 5.34. The first-order valence-corrected chi connectivity index (χ1v) is 5.93. The Hall–Kier alpha value is -1.35. The van der Waals surface area contributed by atoms with Crippen LogP contribution in [-0.2, 0) is 0 Å². The SMILES string of the molecule is COc1ccc(C(O)C2=CCCCC2)cc1F. The van der Waals surface area contributed by atoms with Crippen molar-refractivity contribution < 1.29 is 14.2 Å². The summed E-state index contributed by atoms with van der Waals surface area (Å²) in [5, 5.41) is 10.2. The van der Waals surface area contributed by atoms with Crippen LogP contribution in [0.4, 0.5) is 4.39 Å². The molecule has 2 nitrogen and oxygen atoms in total. The fourth-order valence-corrected chi connectivity index (χ4v) is 2.18. The van der Waals surface area contributed by atoms with Crippen LogP contribution in [0.25, 0.3) is 0 Å². The molecule has 1 aromatic rings. The van der Waals surface area contributed by atoms with E-state index in [1.165, 1.54) is 19.6 Å². The molecule has 0 bridgehead atoms. The van der Waals surface area contributed by atoms with E-state index in [4.69, 9.17) is 4.74 Å². The lowest BCUT2D eigenvalue weighted by Gasteiger charge is -2.19. The van der Waals surface area contributed by atoms with Crippen LogP contribution in [-0.4, -0.2) is 12.2 Å². The first-order chi connectivity index (χ1) is 8.22. The second kappa shape index (κ2) is 5.32. The molecule has 3 heteroatoms. The molecule has 0 fully saturated rings. The highest BCUT2D eigenvalue weighted by atomic mass is 19.1. The van der Waals surface area contributed by atoms with Crippen LogP contribution >= 0.6 is 0 Å². The number of methoxy groups -OCH3 is 1. The molecular formula is C14H17FO2. The minimum absolute atomic E-state index is 0.207. The molecule has 1 aromatic carbocycles. The first kappa shape index (κ1) is 12.1. The van der Waals surface area contributed by atoms with Crippen LogP contribution in [0.15, 0.2) is 29.8 Å². The number of ether oxygens (including phenoxy) is 1. The molecule has 0 aliphatic heterocycles. The van der Waals surface area contributed by atoms with Crippen molar-refractivity contribution in [3.63, 3.8) is 0 Å². The first-order valence-electron chi connectivity index (χ1n) is 5.93. The molecule has 92 valence electrons. The Balaban J connectivity index is 2.21. The van der Waals surface area contributed by atoms with Crippen LogP contribution in [0.3, 0.4) is 0 Å². The van der Waals surface area contributed by atoms with Gasteiger partial charge in [0.15, 0.2) is 11.6 Å². The van der Waals surface area contributed by atoms with E-state index in [2.05, 4.69) is 6.08 Å². The molecule has 17 heavy (non-hydrogen) atoms. The van der Waals surface area contributed by atoms with Crippen molar-refractivity contribution in [3.8, 4) is 5.75 Å². The summed E-state index contributed by atoms with van der Waals surface area (Å²) in [5.74, 6) is -0.223. The molecular weight excluding hydrogens is 219 g/mol. The maximum absolute atomic E-state index is 13.5. The minimum atomic E-state index is -0.685. The maximum atomic E-state index is 13.5. The summed E-state index contributed by atoms with van der Waals surface area (Å²) in [6, 6.07) is 4.61. The van der Waals surface area contributed by atoms with E-state index in [-0.39, 0.29) is 5.75 Å². The summed E-state index contributed by atoms with van der Waals surface area (Å²) in [7, 11) is 1.43. The van der Waals surface area contributed by atoms with Crippen LogP contribution in [0.2, 0.25) is 0 Å². The summed E-state index contributed by atoms with van der Waals surface area (Å²) >= 11 is 0. The topological polar surface area (TPSA) is 29.5 Å². The molecule has 0 saturated carbocycles. The number of allylic oxidation sites excluding steroid dienone is 1. The molecule has 0 heterocycles. The summed E-state index contributed by atoms with van der Waals surface area (Å²) < 4.78 is 18.4. The van der Waals surface area contributed by atoms with E-state index in [0.29, 0.717) is 5.56 Å². The van der Waals surface area contributed by atoms with Gasteiger partial charge in [-0.05, 0) is 49.0 Å². The molecule has 0 amide bonds. The minimum Gasteiger partial charge on any atom is -0.494 e. The molecule has 0 saturated heterocycles. The van der Waals surface area contributed by atoms with Gasteiger partial charge in [-0.2, -0.15) is 0 Å². The summed E-state index contributed by atoms with van der Waals surface area (Å²) in [6.07, 6.45) is 5.56. The third-order valence-electron chi connectivity index (χ3n) is 3.17. The third kappa shape index (κ3) is 2.67. The van der Waals surface area contributed by atoms with Gasteiger partial charge in [0.25, 0.3) is 0 Å². The third-order valence-corrected chi connectivity index (χ3v) is 3.17. The Bertz CT molecular complexity index is 426. The highest BCUT2D eigenvalue weighted by Crippen LogP contribution is 2.31. The molecule has 1 aliphatic rings. The standard InChI is InChI=1S/C14H17FO2/c1-17-13-8-7-11(9-12(13)15)14(16)10-5-3-2-4-6-10/h5,7-9,14,16H,2-4,6H2,1H3. The number of hydrogen-bond acceptors (Lipinski definition) is 2. The van der Waals surface area contributed by atoms with Gasteiger partial charge in [0.1, 0.15) is 6.10 Å². The summed E-state index contributed by atoms with van der Waals surface area (Å²) in [6.45, 7) is 0. The molecule has 1 aliphatic carbocycles. The smallest absolute Gasteiger partial charge is 0.165 e. The Labute approximate surface area is 101 Å². The Kier molecular flexibility index (Phi) is 3.79. The highest BCUT2D eigenvalue weighted by Gasteiger charge is 2.16. The molecule has 1 atom stereocenters. The van der Waals surface area contributed by atoms with Gasteiger partial charge in [-0.1, -0.05) is 12.1 Å². The zero-order valence-electron chi connectivity index (χ0n) is 9.95. The van der Waals surface area contributed by atoms with E-state index >= 15 is 0 Å². The normalized spacial score (nSPS) is 17.5. The van der Waals surface area contributed by atoms with E-state index < -0.39 is 11.9 Å². The molecule has 0 spiro atoms. The number of hydrogen-bond donors (Lipinski definition) is 1. The van der Waals surface area contributed by atoms with Crippen molar-refractivity contribution in [2.45, 2.75) is 31.8 Å². The number of halogens is 1. The number of rotatable bonds is 3. The van der Waals surface area contributed by atoms with E-state index in [9.17, 15) is 9.50 Å². The van der Waals surface area contributed by atoms with Crippen LogP contribution in [0, 0.1) is 5.82 Å². The van der Waals surface area contributed by atoms with E-state index in [0.717, 1.165) is 24.8 Å². The quantitative estimate of drug-likeness (QED) is 0.815. The van der Waals surface area contributed by atoms with Crippen molar-refractivity contribution in [1.29, 1.82) is 0 Å². The lowest BCUT2D eigenvalue weighted by atomic mass is 9.92. The van der Waals surface area contributed by atoms with E-state index in [1.54, 1.807) is 12.1 Å². The molecule has 0 aromatic heterocycles. The largest absolute Gasteiger partial charge is 0.494 e.